The first-order chi connectivity index (χ1) is 8.49. The van der Waals surface area contributed by atoms with Gasteiger partial charge in [-0.25, -0.2) is 8.78 Å². The highest BCUT2D eigenvalue weighted by atomic mass is 19.3. The molecule has 2 rings (SSSR count). The van der Waals surface area contributed by atoms with Crippen LogP contribution in [0.1, 0.15) is 18.2 Å². The molecule has 0 N–H and O–H groups in total. The Morgan fingerprint density at radius 1 is 1.67 bits per heavy atom. The van der Waals surface area contributed by atoms with Crippen molar-refractivity contribution in [2.45, 2.75) is 25.8 Å². The number of hydrogen-bond acceptors (Lipinski definition) is 4. The highest BCUT2D eigenvalue weighted by molar-refractivity contribution is 5.32. The molecule has 1 atom stereocenters. The third kappa shape index (κ3) is 2.47. The molecule has 18 heavy (non-hydrogen) atoms. The van der Waals surface area contributed by atoms with Crippen LogP contribution in [0.15, 0.2) is 6.20 Å². The summed E-state index contributed by atoms with van der Waals surface area (Å²) in [6, 6.07) is -0.0579. The summed E-state index contributed by atoms with van der Waals surface area (Å²) in [6.45, 7) is 2.41. The Hall–Kier alpha value is -1.57. The molecule has 0 amide bonds. The van der Waals surface area contributed by atoms with Crippen LogP contribution in [0, 0.1) is 17.0 Å². The molecule has 0 bridgehead atoms. The Labute approximate surface area is 102 Å². The Balaban J connectivity index is 2.08. The monoisotopic (exact) mass is 260 g/mol. The summed E-state index contributed by atoms with van der Waals surface area (Å²) in [6.07, 6.45) is -0.450. The van der Waals surface area contributed by atoms with Crippen LogP contribution in [0.4, 0.5) is 14.5 Å². The van der Waals surface area contributed by atoms with E-state index in [1.807, 2.05) is 0 Å². The molecule has 8 heteroatoms. The fraction of sp³-hybridized carbons (Fsp3) is 0.700. The minimum atomic E-state index is -2.35. The molecule has 0 aromatic carbocycles. The van der Waals surface area contributed by atoms with E-state index in [1.54, 1.807) is 16.5 Å². The molecule has 2 heterocycles. The standard InChI is InChI=1S/C10H14F2N4O2/c1-7-9(16(17)18)4-13-15(7)8-2-3-14(5-8)6-10(11)12/h4,8,10H,2-3,5-6H2,1H3/t8-/m0/s1. The van der Waals surface area contributed by atoms with Gasteiger partial charge in [0, 0.05) is 13.1 Å². The molecular formula is C10H14F2N4O2. The van der Waals surface area contributed by atoms with Crippen molar-refractivity contribution in [2.75, 3.05) is 19.6 Å². The average molecular weight is 260 g/mol. The van der Waals surface area contributed by atoms with Crippen molar-refractivity contribution in [2.24, 2.45) is 0 Å². The lowest BCUT2D eigenvalue weighted by Gasteiger charge is -2.15. The van der Waals surface area contributed by atoms with Crippen LogP contribution in [0.25, 0.3) is 0 Å². The molecule has 1 aromatic heterocycles. The first kappa shape index (κ1) is 12.9. The molecule has 0 spiro atoms. The molecule has 0 aliphatic carbocycles. The first-order valence-electron chi connectivity index (χ1n) is 5.68. The second-order valence-electron chi connectivity index (χ2n) is 4.41. The molecule has 0 saturated carbocycles. The molecule has 1 aromatic rings. The zero-order valence-corrected chi connectivity index (χ0v) is 9.92. The van der Waals surface area contributed by atoms with Gasteiger partial charge in [0.1, 0.15) is 11.9 Å². The summed E-state index contributed by atoms with van der Waals surface area (Å²) >= 11 is 0. The van der Waals surface area contributed by atoms with Crippen molar-refractivity contribution >= 4 is 5.69 Å². The summed E-state index contributed by atoms with van der Waals surface area (Å²) < 4.78 is 26.1. The van der Waals surface area contributed by atoms with Gasteiger partial charge in [0.25, 0.3) is 6.43 Å². The van der Waals surface area contributed by atoms with E-state index in [1.165, 1.54) is 6.20 Å². The van der Waals surface area contributed by atoms with E-state index in [4.69, 9.17) is 0 Å². The highest BCUT2D eigenvalue weighted by Gasteiger charge is 2.29. The number of hydrogen-bond donors (Lipinski definition) is 0. The van der Waals surface area contributed by atoms with E-state index >= 15 is 0 Å². The number of nitro groups is 1. The van der Waals surface area contributed by atoms with Gasteiger partial charge in [-0.3, -0.25) is 19.7 Å². The Bertz CT molecular complexity index is 449. The quantitative estimate of drug-likeness (QED) is 0.609. The normalized spacial score (nSPS) is 20.8. The van der Waals surface area contributed by atoms with E-state index in [0.29, 0.717) is 25.2 Å². The molecule has 1 saturated heterocycles. The number of nitrogens with zero attached hydrogens (tertiary/aromatic N) is 4. The van der Waals surface area contributed by atoms with Crippen molar-refractivity contribution in [1.29, 1.82) is 0 Å². The maximum Gasteiger partial charge on any atom is 0.309 e. The molecular weight excluding hydrogens is 246 g/mol. The first-order valence-corrected chi connectivity index (χ1v) is 5.68. The molecule has 0 radical (unpaired) electrons. The van der Waals surface area contributed by atoms with Crippen LogP contribution in [0.5, 0.6) is 0 Å². The summed E-state index contributed by atoms with van der Waals surface area (Å²) in [5.41, 5.74) is 0.450. The zero-order chi connectivity index (χ0) is 13.3. The van der Waals surface area contributed by atoms with Crippen LogP contribution < -0.4 is 0 Å². The molecule has 1 fully saturated rings. The average Bonchev–Trinajstić information content (AvgIpc) is 2.83. The summed E-state index contributed by atoms with van der Waals surface area (Å²) in [5, 5.41) is 14.7. The fourth-order valence-corrected chi connectivity index (χ4v) is 2.33. The summed E-state index contributed by atoms with van der Waals surface area (Å²) in [7, 11) is 0. The predicted molar refractivity (Wildman–Crippen MR) is 59.7 cm³/mol. The van der Waals surface area contributed by atoms with Gasteiger partial charge in [0.05, 0.1) is 17.5 Å². The van der Waals surface area contributed by atoms with E-state index in [9.17, 15) is 18.9 Å². The lowest BCUT2D eigenvalue weighted by atomic mass is 10.2. The van der Waals surface area contributed by atoms with E-state index in [0.717, 1.165) is 0 Å². The van der Waals surface area contributed by atoms with Gasteiger partial charge < -0.3 is 0 Å². The lowest BCUT2D eigenvalue weighted by molar-refractivity contribution is -0.385. The van der Waals surface area contributed by atoms with Crippen LogP contribution in [-0.4, -0.2) is 45.7 Å². The van der Waals surface area contributed by atoms with Crippen molar-refractivity contribution in [3.8, 4) is 0 Å². The topological polar surface area (TPSA) is 64.2 Å². The van der Waals surface area contributed by atoms with Gasteiger partial charge in [-0.1, -0.05) is 0 Å². The second kappa shape index (κ2) is 4.97. The van der Waals surface area contributed by atoms with Crippen LogP contribution in [0.2, 0.25) is 0 Å². The molecule has 0 unspecified atom stereocenters. The second-order valence-corrected chi connectivity index (χ2v) is 4.41. The van der Waals surface area contributed by atoms with Crippen LogP contribution in [0.3, 0.4) is 0 Å². The van der Waals surface area contributed by atoms with Crippen LogP contribution >= 0.6 is 0 Å². The van der Waals surface area contributed by atoms with Crippen molar-refractivity contribution in [3.63, 3.8) is 0 Å². The zero-order valence-electron chi connectivity index (χ0n) is 9.92. The molecule has 1 aliphatic rings. The number of halogens is 2. The fourth-order valence-electron chi connectivity index (χ4n) is 2.33. The molecule has 1 aliphatic heterocycles. The minimum absolute atomic E-state index is 0.0256. The summed E-state index contributed by atoms with van der Waals surface area (Å²) in [4.78, 5) is 11.9. The largest absolute Gasteiger partial charge is 0.309 e. The molecule has 6 nitrogen and oxygen atoms in total. The van der Waals surface area contributed by atoms with Gasteiger partial charge in [-0.15, -0.1) is 0 Å². The highest BCUT2D eigenvalue weighted by Crippen LogP contribution is 2.26. The SMILES string of the molecule is Cc1c([N+](=O)[O-])cnn1[C@H]1CCN(CC(F)F)C1. The van der Waals surface area contributed by atoms with Gasteiger partial charge in [-0.05, 0) is 13.3 Å². The maximum absolute atomic E-state index is 12.3. The van der Waals surface area contributed by atoms with Gasteiger partial charge in [0.2, 0.25) is 0 Å². The van der Waals surface area contributed by atoms with Crippen molar-refractivity contribution in [3.05, 3.63) is 22.0 Å². The minimum Gasteiger partial charge on any atom is -0.296 e. The van der Waals surface area contributed by atoms with Gasteiger partial charge in [0.15, 0.2) is 0 Å². The smallest absolute Gasteiger partial charge is 0.296 e. The number of rotatable bonds is 4. The van der Waals surface area contributed by atoms with Gasteiger partial charge in [-0.2, -0.15) is 5.10 Å². The number of likely N-dealkylation sites (tertiary alicyclic amines) is 1. The third-order valence-electron chi connectivity index (χ3n) is 3.21. The number of aromatic nitrogens is 2. The Morgan fingerprint density at radius 2 is 2.39 bits per heavy atom. The maximum atomic E-state index is 12.3. The van der Waals surface area contributed by atoms with Crippen molar-refractivity contribution < 1.29 is 13.7 Å². The van der Waals surface area contributed by atoms with E-state index in [-0.39, 0.29) is 18.3 Å². The predicted octanol–water partition coefficient (Wildman–Crippen LogP) is 1.61. The summed E-state index contributed by atoms with van der Waals surface area (Å²) in [5.74, 6) is 0. The molecule has 100 valence electrons. The van der Waals surface area contributed by atoms with Crippen molar-refractivity contribution in [1.82, 2.24) is 14.7 Å². The van der Waals surface area contributed by atoms with E-state index < -0.39 is 11.3 Å². The number of alkyl halides is 2. The van der Waals surface area contributed by atoms with Gasteiger partial charge >= 0.3 is 5.69 Å². The Kier molecular flexibility index (Phi) is 3.55. The van der Waals surface area contributed by atoms with E-state index in [2.05, 4.69) is 5.10 Å². The Morgan fingerprint density at radius 3 is 2.94 bits per heavy atom. The lowest BCUT2D eigenvalue weighted by Crippen LogP contribution is -2.27. The third-order valence-corrected chi connectivity index (χ3v) is 3.21. The van der Waals surface area contributed by atoms with Crippen LogP contribution in [-0.2, 0) is 0 Å².